The summed E-state index contributed by atoms with van der Waals surface area (Å²) in [5, 5.41) is 0. The maximum absolute atomic E-state index is 5.53. The molecule has 3 nitrogen and oxygen atoms in total. The van der Waals surface area contributed by atoms with Crippen molar-refractivity contribution in [3.05, 3.63) is 0 Å². The van der Waals surface area contributed by atoms with Gasteiger partial charge in [0.05, 0.1) is 0 Å². The Labute approximate surface area is 114 Å². The molecule has 0 aliphatic carbocycles. The Morgan fingerprint density at radius 2 is 1.56 bits per heavy atom. The zero-order valence-electron chi connectivity index (χ0n) is 12.5. The van der Waals surface area contributed by atoms with Crippen molar-refractivity contribution in [2.75, 3.05) is 45.8 Å². The second-order valence-corrected chi connectivity index (χ2v) is 6.07. The van der Waals surface area contributed by atoms with Crippen molar-refractivity contribution in [3.63, 3.8) is 0 Å². The summed E-state index contributed by atoms with van der Waals surface area (Å²) in [7, 11) is 0. The monoisotopic (exact) mass is 255 g/mol. The molecule has 1 aliphatic rings. The van der Waals surface area contributed by atoms with Gasteiger partial charge in [-0.2, -0.15) is 0 Å². The zero-order chi connectivity index (χ0) is 13.2. The minimum absolute atomic E-state index is 0.834. The lowest BCUT2D eigenvalue weighted by Crippen LogP contribution is -2.32. The fourth-order valence-corrected chi connectivity index (χ4v) is 2.57. The highest BCUT2D eigenvalue weighted by atomic mass is 15.2. The lowest BCUT2D eigenvalue weighted by atomic mass is 10.1. The van der Waals surface area contributed by atoms with E-state index in [1.54, 1.807) is 0 Å². The summed E-state index contributed by atoms with van der Waals surface area (Å²) in [4.78, 5) is 5.30. The van der Waals surface area contributed by atoms with Crippen LogP contribution in [0.15, 0.2) is 0 Å². The molecule has 0 unspecified atom stereocenters. The second-order valence-electron chi connectivity index (χ2n) is 6.07. The minimum Gasteiger partial charge on any atom is -0.330 e. The van der Waals surface area contributed by atoms with Crippen molar-refractivity contribution in [1.82, 2.24) is 9.80 Å². The van der Waals surface area contributed by atoms with Gasteiger partial charge in [-0.15, -0.1) is 0 Å². The third-order valence-corrected chi connectivity index (χ3v) is 3.88. The first-order valence-corrected chi connectivity index (χ1v) is 7.87. The fraction of sp³-hybridized carbons (Fsp3) is 1.00. The van der Waals surface area contributed by atoms with Crippen LogP contribution < -0.4 is 5.73 Å². The van der Waals surface area contributed by atoms with E-state index in [4.69, 9.17) is 5.73 Å². The first-order chi connectivity index (χ1) is 8.72. The molecule has 0 saturated carbocycles. The van der Waals surface area contributed by atoms with Gasteiger partial charge < -0.3 is 15.5 Å². The number of nitrogens with zero attached hydrogens (tertiary/aromatic N) is 2. The molecule has 0 spiro atoms. The molecule has 1 rings (SSSR count). The zero-order valence-corrected chi connectivity index (χ0v) is 12.5. The molecule has 0 amide bonds. The molecule has 1 saturated heterocycles. The largest absolute Gasteiger partial charge is 0.330 e. The molecule has 108 valence electrons. The van der Waals surface area contributed by atoms with E-state index in [-0.39, 0.29) is 0 Å². The average molecular weight is 255 g/mol. The maximum atomic E-state index is 5.53. The third kappa shape index (κ3) is 7.34. The Morgan fingerprint density at radius 3 is 2.17 bits per heavy atom. The normalized spacial score (nSPS) is 19.3. The van der Waals surface area contributed by atoms with E-state index in [1.807, 2.05) is 0 Å². The van der Waals surface area contributed by atoms with Gasteiger partial charge in [-0.05, 0) is 64.3 Å². The SMILES string of the molecule is CC(C)CCN1CCCN(CCCCCN)CC1. The van der Waals surface area contributed by atoms with Gasteiger partial charge in [0, 0.05) is 13.1 Å². The van der Waals surface area contributed by atoms with E-state index in [0.29, 0.717) is 0 Å². The number of rotatable bonds is 8. The fourth-order valence-electron chi connectivity index (χ4n) is 2.57. The van der Waals surface area contributed by atoms with Gasteiger partial charge in [0.25, 0.3) is 0 Å². The van der Waals surface area contributed by atoms with Gasteiger partial charge in [-0.25, -0.2) is 0 Å². The van der Waals surface area contributed by atoms with Crippen LogP contribution in [0.4, 0.5) is 0 Å². The molecule has 3 heteroatoms. The predicted molar refractivity (Wildman–Crippen MR) is 79.9 cm³/mol. The molecule has 0 aromatic rings. The maximum Gasteiger partial charge on any atom is 0.0109 e. The van der Waals surface area contributed by atoms with Gasteiger partial charge in [-0.1, -0.05) is 20.3 Å². The molecule has 0 atom stereocenters. The summed E-state index contributed by atoms with van der Waals surface area (Å²) < 4.78 is 0. The van der Waals surface area contributed by atoms with Crippen molar-refractivity contribution in [1.29, 1.82) is 0 Å². The van der Waals surface area contributed by atoms with Crippen LogP contribution in [0.5, 0.6) is 0 Å². The Hall–Kier alpha value is -0.120. The third-order valence-electron chi connectivity index (χ3n) is 3.88. The van der Waals surface area contributed by atoms with Crippen LogP contribution in [-0.2, 0) is 0 Å². The Morgan fingerprint density at radius 1 is 0.889 bits per heavy atom. The van der Waals surface area contributed by atoms with Gasteiger partial charge in [-0.3, -0.25) is 0 Å². The molecule has 1 fully saturated rings. The van der Waals surface area contributed by atoms with Crippen molar-refractivity contribution < 1.29 is 0 Å². The minimum atomic E-state index is 0.834. The highest BCUT2D eigenvalue weighted by Gasteiger charge is 2.14. The highest BCUT2D eigenvalue weighted by Crippen LogP contribution is 2.08. The quantitative estimate of drug-likeness (QED) is 0.675. The smallest absolute Gasteiger partial charge is 0.0109 e. The summed E-state index contributed by atoms with van der Waals surface area (Å²) in [6, 6.07) is 0. The first-order valence-electron chi connectivity index (χ1n) is 7.87. The van der Waals surface area contributed by atoms with E-state index < -0.39 is 0 Å². The molecule has 18 heavy (non-hydrogen) atoms. The Bertz CT molecular complexity index is 194. The molecule has 0 aromatic carbocycles. The summed E-state index contributed by atoms with van der Waals surface area (Å²) in [5.74, 6) is 0.834. The topological polar surface area (TPSA) is 32.5 Å². The number of unbranched alkanes of at least 4 members (excludes halogenated alkanes) is 2. The molecular formula is C15H33N3. The van der Waals surface area contributed by atoms with E-state index in [1.165, 1.54) is 71.4 Å². The van der Waals surface area contributed by atoms with E-state index in [9.17, 15) is 0 Å². The lowest BCUT2D eigenvalue weighted by Gasteiger charge is -2.22. The number of hydrogen-bond donors (Lipinski definition) is 1. The van der Waals surface area contributed by atoms with Crippen LogP contribution in [0.25, 0.3) is 0 Å². The molecule has 2 N–H and O–H groups in total. The second kappa shape index (κ2) is 9.76. The molecule has 0 bridgehead atoms. The van der Waals surface area contributed by atoms with Crippen LogP contribution in [0.1, 0.15) is 46.0 Å². The van der Waals surface area contributed by atoms with Crippen LogP contribution in [0.2, 0.25) is 0 Å². The van der Waals surface area contributed by atoms with Crippen LogP contribution in [-0.4, -0.2) is 55.6 Å². The summed E-state index contributed by atoms with van der Waals surface area (Å²) in [5.41, 5.74) is 5.53. The Kier molecular flexibility index (Phi) is 8.64. The predicted octanol–water partition coefficient (Wildman–Crippen LogP) is 2.17. The van der Waals surface area contributed by atoms with Crippen molar-refractivity contribution in [2.45, 2.75) is 46.0 Å². The molecule has 1 heterocycles. The van der Waals surface area contributed by atoms with E-state index in [0.717, 1.165) is 12.5 Å². The van der Waals surface area contributed by atoms with E-state index >= 15 is 0 Å². The van der Waals surface area contributed by atoms with Gasteiger partial charge in [0.2, 0.25) is 0 Å². The van der Waals surface area contributed by atoms with Crippen molar-refractivity contribution >= 4 is 0 Å². The van der Waals surface area contributed by atoms with Gasteiger partial charge >= 0.3 is 0 Å². The lowest BCUT2D eigenvalue weighted by molar-refractivity contribution is 0.245. The van der Waals surface area contributed by atoms with Crippen molar-refractivity contribution in [2.24, 2.45) is 11.7 Å². The standard InChI is InChI=1S/C15H33N3/c1-15(2)7-12-18-11-6-10-17(13-14-18)9-5-3-4-8-16/h15H,3-14,16H2,1-2H3. The van der Waals surface area contributed by atoms with Crippen LogP contribution >= 0.6 is 0 Å². The molecular weight excluding hydrogens is 222 g/mol. The van der Waals surface area contributed by atoms with Crippen LogP contribution in [0, 0.1) is 5.92 Å². The summed E-state index contributed by atoms with van der Waals surface area (Å²) in [6.45, 7) is 13.2. The average Bonchev–Trinajstić information content (AvgIpc) is 2.57. The molecule has 0 radical (unpaired) electrons. The molecule has 1 aliphatic heterocycles. The first kappa shape index (κ1) is 15.9. The summed E-state index contributed by atoms with van der Waals surface area (Å²) >= 11 is 0. The highest BCUT2D eigenvalue weighted by molar-refractivity contribution is 4.70. The van der Waals surface area contributed by atoms with E-state index in [2.05, 4.69) is 23.6 Å². The van der Waals surface area contributed by atoms with Gasteiger partial charge in [0.15, 0.2) is 0 Å². The summed E-state index contributed by atoms with van der Waals surface area (Å²) in [6.07, 6.45) is 6.49. The molecule has 0 aromatic heterocycles. The Balaban J connectivity index is 2.12. The number of hydrogen-bond acceptors (Lipinski definition) is 3. The van der Waals surface area contributed by atoms with Gasteiger partial charge in [0.1, 0.15) is 0 Å². The van der Waals surface area contributed by atoms with Crippen LogP contribution in [0.3, 0.4) is 0 Å². The van der Waals surface area contributed by atoms with Crippen molar-refractivity contribution in [3.8, 4) is 0 Å². The number of nitrogens with two attached hydrogens (primary N) is 1.